The van der Waals surface area contributed by atoms with Crippen molar-refractivity contribution in [2.24, 2.45) is 0 Å². The van der Waals surface area contributed by atoms with E-state index in [-0.39, 0.29) is 12.1 Å². The van der Waals surface area contributed by atoms with Gasteiger partial charge in [-0.3, -0.25) is 0 Å². The number of hydrogen-bond donors (Lipinski definition) is 1. The van der Waals surface area contributed by atoms with Gasteiger partial charge >= 0.3 is 0 Å². The molecule has 0 spiro atoms. The van der Waals surface area contributed by atoms with E-state index in [0.29, 0.717) is 6.61 Å². The van der Waals surface area contributed by atoms with Crippen molar-refractivity contribution in [3.63, 3.8) is 0 Å². The van der Waals surface area contributed by atoms with Crippen LogP contribution in [0.2, 0.25) is 0 Å². The molecule has 1 N–H and O–H groups in total. The fraction of sp³-hybridized carbons (Fsp3) is 0.375. The van der Waals surface area contributed by atoms with E-state index in [0.717, 1.165) is 11.0 Å². The van der Waals surface area contributed by atoms with Crippen molar-refractivity contribution in [1.82, 2.24) is 5.32 Å². The maximum Gasteiger partial charge on any atom is 0.102 e. The molecule has 0 saturated carbocycles. The van der Waals surface area contributed by atoms with E-state index in [4.69, 9.17) is 4.74 Å². The zero-order valence-corrected chi connectivity index (χ0v) is 14.2. The van der Waals surface area contributed by atoms with Crippen molar-refractivity contribution in [3.05, 3.63) is 56.7 Å². The molecule has 0 bridgehead atoms. The molecular formula is C16H20BrNOS. The molecule has 108 valence electrons. The predicted octanol–water partition coefficient (Wildman–Crippen LogP) is 4.94. The third-order valence-corrected chi connectivity index (χ3v) is 4.93. The monoisotopic (exact) mass is 353 g/mol. The Morgan fingerprint density at radius 3 is 2.50 bits per heavy atom. The van der Waals surface area contributed by atoms with Gasteiger partial charge in [-0.15, -0.1) is 0 Å². The molecule has 0 radical (unpaired) electrons. The molecule has 0 aliphatic rings. The van der Waals surface area contributed by atoms with Crippen LogP contribution in [-0.4, -0.2) is 13.2 Å². The maximum absolute atomic E-state index is 6.04. The number of halogens is 1. The second kappa shape index (κ2) is 7.93. The summed E-state index contributed by atoms with van der Waals surface area (Å²) in [5, 5.41) is 7.87. The van der Waals surface area contributed by atoms with Crippen LogP contribution in [0, 0.1) is 0 Å². The highest BCUT2D eigenvalue weighted by Crippen LogP contribution is 2.37. The lowest BCUT2D eigenvalue weighted by molar-refractivity contribution is 0.0330. The van der Waals surface area contributed by atoms with Crippen molar-refractivity contribution in [1.29, 1.82) is 0 Å². The minimum Gasteiger partial charge on any atom is -0.372 e. The number of hydrogen-bond acceptors (Lipinski definition) is 3. The van der Waals surface area contributed by atoms with E-state index in [1.54, 1.807) is 11.3 Å². The Bertz CT molecular complexity index is 514. The first-order valence-electron chi connectivity index (χ1n) is 6.89. The summed E-state index contributed by atoms with van der Waals surface area (Å²) < 4.78 is 7.19. The van der Waals surface area contributed by atoms with Crippen molar-refractivity contribution in [2.75, 3.05) is 13.2 Å². The predicted molar refractivity (Wildman–Crippen MR) is 89.2 cm³/mol. The minimum atomic E-state index is 0.0204. The topological polar surface area (TPSA) is 21.3 Å². The molecule has 1 heterocycles. The molecule has 0 amide bonds. The molecule has 0 fully saturated rings. The second-order valence-corrected chi connectivity index (χ2v) is 6.09. The fourth-order valence-electron chi connectivity index (χ4n) is 2.32. The standard InChI is InChI=1S/C16H20BrNOS/c1-3-18-15(13-10-20-11-14(13)17)16(19-4-2)12-8-6-5-7-9-12/h5-11,15-16,18H,3-4H2,1-2H3. The first-order valence-corrected chi connectivity index (χ1v) is 8.63. The van der Waals surface area contributed by atoms with Crippen LogP contribution in [0.25, 0.3) is 0 Å². The number of ether oxygens (including phenoxy) is 1. The average molecular weight is 354 g/mol. The smallest absolute Gasteiger partial charge is 0.102 e. The highest BCUT2D eigenvalue weighted by Gasteiger charge is 2.26. The normalized spacial score (nSPS) is 14.2. The molecule has 0 saturated heterocycles. The van der Waals surface area contributed by atoms with Gasteiger partial charge in [0.15, 0.2) is 0 Å². The molecule has 1 aromatic heterocycles. The Morgan fingerprint density at radius 2 is 1.95 bits per heavy atom. The van der Waals surface area contributed by atoms with Gasteiger partial charge in [0.05, 0.1) is 6.04 Å². The number of benzene rings is 1. The number of nitrogens with one attached hydrogen (secondary N) is 1. The van der Waals surface area contributed by atoms with Crippen molar-refractivity contribution in [2.45, 2.75) is 26.0 Å². The Morgan fingerprint density at radius 1 is 1.20 bits per heavy atom. The molecule has 1 aromatic carbocycles. The fourth-order valence-corrected chi connectivity index (χ4v) is 3.90. The molecule has 2 nitrogen and oxygen atoms in total. The Hall–Kier alpha value is -0.680. The number of thiophene rings is 1. The van der Waals surface area contributed by atoms with E-state index in [1.165, 1.54) is 11.1 Å². The zero-order chi connectivity index (χ0) is 14.4. The quantitative estimate of drug-likeness (QED) is 0.761. The van der Waals surface area contributed by atoms with Crippen molar-refractivity contribution >= 4 is 27.3 Å². The molecule has 20 heavy (non-hydrogen) atoms. The van der Waals surface area contributed by atoms with E-state index in [1.807, 2.05) is 13.0 Å². The van der Waals surface area contributed by atoms with Crippen LogP contribution in [0.5, 0.6) is 0 Å². The van der Waals surface area contributed by atoms with Crippen molar-refractivity contribution < 1.29 is 4.74 Å². The Labute approximate surface area is 133 Å². The summed E-state index contributed by atoms with van der Waals surface area (Å²) >= 11 is 5.35. The Balaban J connectivity index is 2.35. The lowest BCUT2D eigenvalue weighted by atomic mass is 9.97. The van der Waals surface area contributed by atoms with Gasteiger partial charge in [-0.2, -0.15) is 11.3 Å². The summed E-state index contributed by atoms with van der Waals surface area (Å²) in [5.74, 6) is 0. The van der Waals surface area contributed by atoms with Gasteiger partial charge in [0.25, 0.3) is 0 Å². The lowest BCUT2D eigenvalue weighted by Gasteiger charge is -2.28. The van der Waals surface area contributed by atoms with Gasteiger partial charge in [-0.1, -0.05) is 37.3 Å². The van der Waals surface area contributed by atoms with Crippen LogP contribution in [0.3, 0.4) is 0 Å². The van der Waals surface area contributed by atoms with Crippen molar-refractivity contribution in [3.8, 4) is 0 Å². The van der Waals surface area contributed by atoms with E-state index < -0.39 is 0 Å². The molecule has 0 aliphatic carbocycles. The first kappa shape index (κ1) is 15.7. The minimum absolute atomic E-state index is 0.0204. The van der Waals surface area contributed by atoms with Crippen LogP contribution in [-0.2, 0) is 4.74 Å². The Kier molecular flexibility index (Phi) is 6.23. The second-order valence-electron chi connectivity index (χ2n) is 4.50. The third-order valence-electron chi connectivity index (χ3n) is 3.18. The summed E-state index contributed by atoms with van der Waals surface area (Å²) in [6.07, 6.45) is 0.0204. The lowest BCUT2D eigenvalue weighted by Crippen LogP contribution is -2.28. The van der Waals surface area contributed by atoms with E-state index in [2.05, 4.69) is 63.2 Å². The van der Waals surface area contributed by atoms with Gasteiger partial charge in [0.1, 0.15) is 6.10 Å². The van der Waals surface area contributed by atoms with Gasteiger partial charge in [-0.25, -0.2) is 0 Å². The van der Waals surface area contributed by atoms with Crippen LogP contribution in [0.1, 0.15) is 37.1 Å². The van der Waals surface area contributed by atoms with Gasteiger partial charge in [0, 0.05) is 16.5 Å². The highest BCUT2D eigenvalue weighted by molar-refractivity contribution is 9.10. The summed E-state index contributed by atoms with van der Waals surface area (Å²) in [6.45, 7) is 5.77. The molecule has 2 atom stereocenters. The van der Waals surface area contributed by atoms with E-state index >= 15 is 0 Å². The highest BCUT2D eigenvalue weighted by atomic mass is 79.9. The van der Waals surface area contributed by atoms with Crippen LogP contribution in [0.15, 0.2) is 45.6 Å². The largest absolute Gasteiger partial charge is 0.372 e. The number of rotatable bonds is 7. The zero-order valence-electron chi connectivity index (χ0n) is 11.8. The van der Waals surface area contributed by atoms with Gasteiger partial charge in [-0.05, 0) is 45.9 Å². The first-order chi connectivity index (χ1) is 9.77. The molecule has 2 rings (SSSR count). The van der Waals surface area contributed by atoms with Gasteiger partial charge < -0.3 is 10.1 Å². The SMILES string of the molecule is CCNC(c1cscc1Br)C(OCC)c1ccccc1. The molecule has 2 unspecified atom stereocenters. The average Bonchev–Trinajstić information content (AvgIpc) is 2.90. The van der Waals surface area contributed by atoms with Crippen LogP contribution >= 0.6 is 27.3 Å². The van der Waals surface area contributed by atoms with E-state index in [9.17, 15) is 0 Å². The summed E-state index contributed by atoms with van der Waals surface area (Å²) in [4.78, 5) is 0. The van der Waals surface area contributed by atoms with Gasteiger partial charge in [0.2, 0.25) is 0 Å². The molecule has 2 aromatic rings. The molecular weight excluding hydrogens is 334 g/mol. The third kappa shape index (κ3) is 3.70. The van der Waals surface area contributed by atoms with Crippen LogP contribution < -0.4 is 5.32 Å². The summed E-state index contributed by atoms with van der Waals surface area (Å²) in [7, 11) is 0. The molecule has 4 heteroatoms. The van der Waals surface area contributed by atoms with Crippen LogP contribution in [0.4, 0.5) is 0 Å². The molecule has 0 aliphatic heterocycles. The summed E-state index contributed by atoms with van der Waals surface area (Å²) in [5.41, 5.74) is 2.47. The number of likely N-dealkylation sites (N-methyl/N-ethyl adjacent to an activating group) is 1. The maximum atomic E-state index is 6.04. The summed E-state index contributed by atoms with van der Waals surface area (Å²) in [6, 6.07) is 10.6.